The van der Waals surface area contributed by atoms with E-state index in [1.807, 2.05) is 6.07 Å². The smallest absolute Gasteiger partial charge is 0.0826 e. The van der Waals surface area contributed by atoms with Gasteiger partial charge in [0.05, 0.1) is 6.10 Å². The number of aliphatic hydroxyl groups excluding tert-OH is 1. The summed E-state index contributed by atoms with van der Waals surface area (Å²) in [4.78, 5) is 2.56. The van der Waals surface area contributed by atoms with Gasteiger partial charge < -0.3 is 10.0 Å². The lowest BCUT2D eigenvalue weighted by Crippen LogP contribution is -2.42. The minimum Gasteiger partial charge on any atom is -0.388 e. The van der Waals surface area contributed by atoms with Crippen LogP contribution in [0.15, 0.2) is 24.3 Å². The lowest BCUT2D eigenvalue weighted by molar-refractivity contribution is 0.160. The van der Waals surface area contributed by atoms with Crippen LogP contribution in [0.2, 0.25) is 0 Å². The van der Waals surface area contributed by atoms with Crippen molar-refractivity contribution < 1.29 is 5.11 Å². The predicted octanol–water partition coefficient (Wildman–Crippen LogP) is 3.90. The van der Waals surface area contributed by atoms with Gasteiger partial charge in [0.2, 0.25) is 0 Å². The summed E-state index contributed by atoms with van der Waals surface area (Å²) < 4.78 is 0. The average molecular weight is 259 g/mol. The highest BCUT2D eigenvalue weighted by molar-refractivity contribution is 5.57. The molecule has 1 heterocycles. The van der Waals surface area contributed by atoms with Gasteiger partial charge in [0.15, 0.2) is 0 Å². The fourth-order valence-electron chi connectivity index (χ4n) is 3.81. The molecule has 0 radical (unpaired) electrons. The SMILES string of the molecule is CCC1CCC(N2CCC(O)c3ccccc32)CC1. The number of aliphatic hydroxyl groups is 1. The fraction of sp³-hybridized carbons (Fsp3) is 0.647. The molecule has 3 rings (SSSR count). The molecule has 1 aromatic carbocycles. The Balaban J connectivity index is 1.78. The molecule has 1 aliphatic carbocycles. The number of anilines is 1. The van der Waals surface area contributed by atoms with Crippen LogP contribution in [0.3, 0.4) is 0 Å². The molecular formula is C17H25NO. The first kappa shape index (κ1) is 13.0. The van der Waals surface area contributed by atoms with Crippen molar-refractivity contribution in [1.82, 2.24) is 0 Å². The van der Waals surface area contributed by atoms with E-state index in [0.29, 0.717) is 6.04 Å². The molecule has 1 atom stereocenters. The van der Waals surface area contributed by atoms with Gasteiger partial charge in [0.25, 0.3) is 0 Å². The monoisotopic (exact) mass is 259 g/mol. The standard InChI is InChI=1S/C17H25NO/c1-2-13-7-9-14(10-8-13)18-12-11-17(19)15-5-3-4-6-16(15)18/h3-6,13-14,17,19H,2,7-12H2,1H3. The zero-order chi connectivity index (χ0) is 13.2. The van der Waals surface area contributed by atoms with Gasteiger partial charge in [0.1, 0.15) is 0 Å². The molecule has 0 aromatic heterocycles. The van der Waals surface area contributed by atoms with E-state index < -0.39 is 0 Å². The molecule has 104 valence electrons. The molecule has 2 aliphatic rings. The van der Waals surface area contributed by atoms with Crippen LogP contribution < -0.4 is 4.90 Å². The number of nitrogens with zero attached hydrogens (tertiary/aromatic N) is 1. The molecular weight excluding hydrogens is 234 g/mol. The van der Waals surface area contributed by atoms with E-state index in [4.69, 9.17) is 0 Å². The van der Waals surface area contributed by atoms with Gasteiger partial charge in [-0.1, -0.05) is 31.5 Å². The van der Waals surface area contributed by atoms with Crippen molar-refractivity contribution in [3.8, 4) is 0 Å². The second kappa shape index (κ2) is 5.54. The zero-order valence-electron chi connectivity index (χ0n) is 11.9. The molecule has 1 N–H and O–H groups in total. The van der Waals surface area contributed by atoms with Gasteiger partial charge in [-0.15, -0.1) is 0 Å². The van der Waals surface area contributed by atoms with Crippen molar-refractivity contribution in [2.75, 3.05) is 11.4 Å². The molecule has 0 amide bonds. The first-order valence-corrected chi connectivity index (χ1v) is 7.83. The third-order valence-corrected chi connectivity index (χ3v) is 5.08. The predicted molar refractivity (Wildman–Crippen MR) is 79.4 cm³/mol. The summed E-state index contributed by atoms with van der Waals surface area (Å²) in [5, 5.41) is 10.1. The molecule has 1 fully saturated rings. The number of rotatable bonds is 2. The van der Waals surface area contributed by atoms with Gasteiger partial charge in [-0.05, 0) is 44.1 Å². The Morgan fingerprint density at radius 1 is 1.11 bits per heavy atom. The van der Waals surface area contributed by atoms with E-state index in [2.05, 4.69) is 30.0 Å². The normalized spacial score (nSPS) is 31.1. The number of para-hydroxylation sites is 1. The van der Waals surface area contributed by atoms with Crippen molar-refractivity contribution >= 4 is 5.69 Å². The summed E-state index contributed by atoms with van der Waals surface area (Å²) in [7, 11) is 0. The minimum absolute atomic E-state index is 0.264. The average Bonchev–Trinajstić information content (AvgIpc) is 2.48. The van der Waals surface area contributed by atoms with Gasteiger partial charge in [-0.25, -0.2) is 0 Å². The molecule has 1 aliphatic heterocycles. The molecule has 2 nitrogen and oxygen atoms in total. The summed E-state index contributed by atoms with van der Waals surface area (Å²) in [5.74, 6) is 0.946. The van der Waals surface area contributed by atoms with Gasteiger partial charge in [-0.2, -0.15) is 0 Å². The number of fused-ring (bicyclic) bond motifs is 1. The lowest BCUT2D eigenvalue weighted by Gasteiger charge is -2.42. The minimum atomic E-state index is -0.264. The lowest BCUT2D eigenvalue weighted by atomic mass is 9.83. The van der Waals surface area contributed by atoms with Crippen molar-refractivity contribution in [3.63, 3.8) is 0 Å². The zero-order valence-corrected chi connectivity index (χ0v) is 11.9. The van der Waals surface area contributed by atoms with Gasteiger partial charge in [0, 0.05) is 23.8 Å². The van der Waals surface area contributed by atoms with Crippen LogP contribution in [0, 0.1) is 5.92 Å². The molecule has 1 aromatic rings. The Hall–Kier alpha value is -1.02. The quantitative estimate of drug-likeness (QED) is 0.870. The van der Waals surface area contributed by atoms with Crippen LogP contribution in [0.5, 0.6) is 0 Å². The Morgan fingerprint density at radius 3 is 2.58 bits per heavy atom. The maximum Gasteiger partial charge on any atom is 0.0826 e. The summed E-state index contributed by atoms with van der Waals surface area (Å²) in [6, 6.07) is 9.10. The van der Waals surface area contributed by atoms with Crippen LogP contribution in [0.4, 0.5) is 5.69 Å². The van der Waals surface area contributed by atoms with Crippen LogP contribution >= 0.6 is 0 Å². The second-order valence-corrected chi connectivity index (χ2v) is 6.14. The van der Waals surface area contributed by atoms with Crippen LogP contribution in [-0.2, 0) is 0 Å². The Bertz CT molecular complexity index is 423. The summed E-state index contributed by atoms with van der Waals surface area (Å²) >= 11 is 0. The summed E-state index contributed by atoms with van der Waals surface area (Å²) in [6.07, 6.45) is 7.35. The van der Waals surface area contributed by atoms with Crippen molar-refractivity contribution in [1.29, 1.82) is 0 Å². The Kier molecular flexibility index (Phi) is 3.79. The first-order chi connectivity index (χ1) is 9.29. The maximum atomic E-state index is 10.1. The first-order valence-electron chi connectivity index (χ1n) is 7.83. The van der Waals surface area contributed by atoms with Crippen molar-refractivity contribution in [3.05, 3.63) is 29.8 Å². The second-order valence-electron chi connectivity index (χ2n) is 6.14. The van der Waals surface area contributed by atoms with Crippen molar-refractivity contribution in [2.45, 2.75) is 57.6 Å². The largest absolute Gasteiger partial charge is 0.388 e. The van der Waals surface area contributed by atoms with E-state index in [1.54, 1.807) is 0 Å². The number of hydrogen-bond acceptors (Lipinski definition) is 2. The molecule has 2 heteroatoms. The number of hydrogen-bond donors (Lipinski definition) is 1. The van der Waals surface area contributed by atoms with E-state index in [0.717, 1.165) is 24.4 Å². The highest BCUT2D eigenvalue weighted by atomic mass is 16.3. The van der Waals surface area contributed by atoms with Gasteiger partial charge in [-0.3, -0.25) is 0 Å². The summed E-state index contributed by atoms with van der Waals surface area (Å²) in [5.41, 5.74) is 2.41. The third kappa shape index (κ3) is 2.51. The van der Waals surface area contributed by atoms with E-state index in [9.17, 15) is 5.11 Å². The molecule has 1 unspecified atom stereocenters. The van der Waals surface area contributed by atoms with Gasteiger partial charge >= 0.3 is 0 Å². The highest BCUT2D eigenvalue weighted by Crippen LogP contribution is 2.38. The summed E-state index contributed by atoms with van der Waals surface area (Å²) in [6.45, 7) is 3.33. The topological polar surface area (TPSA) is 23.5 Å². The van der Waals surface area contributed by atoms with E-state index >= 15 is 0 Å². The number of benzene rings is 1. The Labute approximate surface area is 116 Å². The van der Waals surface area contributed by atoms with E-state index in [1.165, 1.54) is 37.8 Å². The highest BCUT2D eigenvalue weighted by Gasteiger charge is 2.30. The van der Waals surface area contributed by atoms with Crippen molar-refractivity contribution in [2.24, 2.45) is 5.92 Å². The van der Waals surface area contributed by atoms with Crippen LogP contribution in [0.25, 0.3) is 0 Å². The maximum absolute atomic E-state index is 10.1. The molecule has 0 bridgehead atoms. The fourth-order valence-corrected chi connectivity index (χ4v) is 3.81. The third-order valence-electron chi connectivity index (χ3n) is 5.08. The van der Waals surface area contributed by atoms with E-state index in [-0.39, 0.29) is 6.10 Å². The molecule has 19 heavy (non-hydrogen) atoms. The molecule has 0 spiro atoms. The Morgan fingerprint density at radius 2 is 1.84 bits per heavy atom. The molecule has 1 saturated carbocycles. The van der Waals surface area contributed by atoms with Crippen LogP contribution in [0.1, 0.15) is 57.1 Å². The molecule has 0 saturated heterocycles. The van der Waals surface area contributed by atoms with Crippen LogP contribution in [-0.4, -0.2) is 17.7 Å².